The normalized spacial score (nSPS) is 19.4. The van der Waals surface area contributed by atoms with Crippen molar-refractivity contribution in [3.63, 3.8) is 0 Å². The predicted octanol–water partition coefficient (Wildman–Crippen LogP) is 2.92. The number of nitriles is 1. The van der Waals surface area contributed by atoms with Gasteiger partial charge in [0.2, 0.25) is 5.66 Å². The van der Waals surface area contributed by atoms with E-state index in [1.54, 1.807) is 12.1 Å². The zero-order valence-corrected chi connectivity index (χ0v) is 14.1. The van der Waals surface area contributed by atoms with Crippen LogP contribution in [0.1, 0.15) is 21.5 Å². The predicted molar refractivity (Wildman–Crippen MR) is 91.8 cm³/mol. The molecule has 1 aliphatic heterocycles. The van der Waals surface area contributed by atoms with Crippen LogP contribution >= 0.6 is 0 Å². The molecular weight excluding hydrogens is 359 g/mol. The average molecular weight is 375 g/mol. The molecule has 1 amide bonds. The molecule has 1 aliphatic rings. The molecule has 1 unspecified atom stereocenters. The number of anilines is 1. The Balaban J connectivity index is 2.13. The minimum atomic E-state index is -4.82. The maximum absolute atomic E-state index is 14.3. The highest BCUT2D eigenvalue weighted by molar-refractivity contribution is 5.98. The van der Waals surface area contributed by atoms with Gasteiger partial charge in [0.15, 0.2) is 0 Å². The Kier molecular flexibility index (Phi) is 4.81. The van der Waals surface area contributed by atoms with Gasteiger partial charge >= 0.3 is 6.18 Å². The molecule has 0 aromatic heterocycles. The molecule has 0 bridgehead atoms. The van der Waals surface area contributed by atoms with Gasteiger partial charge < -0.3 is 15.3 Å². The van der Waals surface area contributed by atoms with Crippen LogP contribution in [0.3, 0.4) is 0 Å². The van der Waals surface area contributed by atoms with Crippen LogP contribution in [0.2, 0.25) is 0 Å². The van der Waals surface area contributed by atoms with E-state index in [0.717, 1.165) is 0 Å². The molecule has 5 nitrogen and oxygen atoms in total. The zero-order chi connectivity index (χ0) is 19.7. The van der Waals surface area contributed by atoms with Crippen molar-refractivity contribution in [3.8, 4) is 6.07 Å². The quantitative estimate of drug-likeness (QED) is 0.862. The average Bonchev–Trinajstić information content (AvgIpc) is 2.64. The second-order valence-corrected chi connectivity index (χ2v) is 6.19. The fraction of sp³-hybridized carbons (Fsp3) is 0.263. The molecule has 2 aromatic carbocycles. The van der Waals surface area contributed by atoms with Crippen molar-refractivity contribution >= 4 is 11.6 Å². The number of benzene rings is 2. The molecule has 0 saturated carbocycles. The SMILES string of the molecule is N#Cc1ccc(NC2(C(F)(F)F)Cc3ccccc3C(=O)N2CCO)cc1. The molecule has 2 aromatic rings. The van der Waals surface area contributed by atoms with Crippen molar-refractivity contribution in [2.24, 2.45) is 0 Å². The first-order valence-corrected chi connectivity index (χ1v) is 8.18. The molecular formula is C19H16F3N3O2. The van der Waals surface area contributed by atoms with Crippen molar-refractivity contribution in [3.05, 3.63) is 65.2 Å². The molecule has 2 N–H and O–H groups in total. The summed E-state index contributed by atoms with van der Waals surface area (Å²) in [5, 5.41) is 20.6. The molecule has 0 aliphatic carbocycles. The van der Waals surface area contributed by atoms with Crippen LogP contribution in [-0.2, 0) is 6.42 Å². The highest BCUT2D eigenvalue weighted by Gasteiger charge is 2.62. The summed E-state index contributed by atoms with van der Waals surface area (Å²) in [6.07, 6.45) is -5.32. The summed E-state index contributed by atoms with van der Waals surface area (Å²) in [6.45, 7) is -1.09. The Labute approximate surface area is 153 Å². The Bertz CT molecular complexity index is 890. The summed E-state index contributed by atoms with van der Waals surface area (Å²) in [7, 11) is 0. The molecule has 27 heavy (non-hydrogen) atoms. The van der Waals surface area contributed by atoms with Gasteiger partial charge in [0, 0.05) is 24.2 Å². The maximum atomic E-state index is 14.3. The van der Waals surface area contributed by atoms with Crippen LogP contribution in [0.4, 0.5) is 18.9 Å². The maximum Gasteiger partial charge on any atom is 0.430 e. The highest BCUT2D eigenvalue weighted by Crippen LogP contribution is 2.43. The second-order valence-electron chi connectivity index (χ2n) is 6.19. The van der Waals surface area contributed by atoms with E-state index in [9.17, 15) is 23.1 Å². The highest BCUT2D eigenvalue weighted by atomic mass is 19.4. The summed E-state index contributed by atoms with van der Waals surface area (Å²) in [6, 6.07) is 13.5. The van der Waals surface area contributed by atoms with Gasteiger partial charge in [-0.25, -0.2) is 0 Å². The number of hydrogen-bond donors (Lipinski definition) is 2. The lowest BCUT2D eigenvalue weighted by molar-refractivity contribution is -0.216. The van der Waals surface area contributed by atoms with E-state index < -0.39 is 37.3 Å². The van der Waals surface area contributed by atoms with Gasteiger partial charge in [0.1, 0.15) is 0 Å². The molecule has 0 fully saturated rings. The fourth-order valence-electron chi connectivity index (χ4n) is 3.27. The van der Waals surface area contributed by atoms with E-state index in [0.29, 0.717) is 10.5 Å². The summed E-state index contributed by atoms with van der Waals surface area (Å²) in [4.78, 5) is 13.4. The van der Waals surface area contributed by atoms with Crippen LogP contribution in [0.15, 0.2) is 48.5 Å². The van der Waals surface area contributed by atoms with Crippen molar-refractivity contribution in [1.82, 2.24) is 4.90 Å². The Morgan fingerprint density at radius 3 is 2.44 bits per heavy atom. The van der Waals surface area contributed by atoms with Crippen LogP contribution < -0.4 is 5.32 Å². The minimum Gasteiger partial charge on any atom is -0.395 e. The number of amides is 1. The number of carbonyl (C=O) groups is 1. The van der Waals surface area contributed by atoms with Gasteiger partial charge in [-0.2, -0.15) is 18.4 Å². The molecule has 0 radical (unpaired) electrons. The van der Waals surface area contributed by atoms with Gasteiger partial charge in [-0.15, -0.1) is 0 Å². The second kappa shape index (κ2) is 6.93. The molecule has 140 valence electrons. The zero-order valence-electron chi connectivity index (χ0n) is 14.1. The Morgan fingerprint density at radius 1 is 1.19 bits per heavy atom. The number of hydrogen-bond acceptors (Lipinski definition) is 4. The topological polar surface area (TPSA) is 76.4 Å². The minimum absolute atomic E-state index is 0.112. The number of rotatable bonds is 4. The van der Waals surface area contributed by atoms with E-state index in [1.807, 2.05) is 6.07 Å². The number of halogens is 3. The van der Waals surface area contributed by atoms with E-state index in [4.69, 9.17) is 5.26 Å². The summed E-state index contributed by atoms with van der Waals surface area (Å²) >= 11 is 0. The number of aliphatic hydroxyl groups excluding tert-OH is 1. The Morgan fingerprint density at radius 2 is 1.85 bits per heavy atom. The first-order valence-electron chi connectivity index (χ1n) is 8.18. The summed E-state index contributed by atoms with van der Waals surface area (Å²) in [5.74, 6) is -0.802. The van der Waals surface area contributed by atoms with Gasteiger partial charge in [0.25, 0.3) is 5.91 Å². The lowest BCUT2D eigenvalue weighted by Gasteiger charge is -2.48. The fourth-order valence-corrected chi connectivity index (χ4v) is 3.27. The molecule has 8 heteroatoms. The van der Waals surface area contributed by atoms with Gasteiger partial charge in [0.05, 0.1) is 18.2 Å². The molecule has 1 heterocycles. The smallest absolute Gasteiger partial charge is 0.395 e. The number of carbonyl (C=O) groups excluding carboxylic acids is 1. The standard InChI is InChI=1S/C19H16F3N3O2/c20-19(21,22)18(24-15-7-5-13(12-23)6-8-15)11-14-3-1-2-4-16(14)17(27)25(18)9-10-26/h1-8,24,26H,9-11H2. The third-order valence-electron chi connectivity index (χ3n) is 4.56. The largest absolute Gasteiger partial charge is 0.430 e. The van der Waals surface area contributed by atoms with Gasteiger partial charge in [-0.1, -0.05) is 18.2 Å². The monoisotopic (exact) mass is 375 g/mol. The molecule has 0 spiro atoms. The van der Waals surface area contributed by atoms with Crippen molar-refractivity contribution in [2.45, 2.75) is 18.3 Å². The number of fused-ring (bicyclic) bond motifs is 1. The van der Waals surface area contributed by atoms with Crippen LogP contribution in [0.5, 0.6) is 0 Å². The number of nitrogens with zero attached hydrogens (tertiary/aromatic N) is 2. The number of aliphatic hydroxyl groups is 1. The number of alkyl halides is 3. The van der Waals surface area contributed by atoms with Crippen molar-refractivity contribution in [2.75, 3.05) is 18.5 Å². The lowest BCUT2D eigenvalue weighted by atomic mass is 9.87. The van der Waals surface area contributed by atoms with Crippen LogP contribution in [0.25, 0.3) is 0 Å². The van der Waals surface area contributed by atoms with Crippen LogP contribution in [-0.4, -0.2) is 40.9 Å². The number of nitrogens with one attached hydrogen (secondary N) is 1. The molecule has 3 rings (SSSR count). The van der Waals surface area contributed by atoms with Gasteiger partial charge in [-0.3, -0.25) is 4.79 Å². The third-order valence-corrected chi connectivity index (χ3v) is 4.56. The van der Waals surface area contributed by atoms with Crippen LogP contribution in [0, 0.1) is 11.3 Å². The third kappa shape index (κ3) is 3.22. The summed E-state index contributed by atoms with van der Waals surface area (Å²) < 4.78 is 42.8. The van der Waals surface area contributed by atoms with E-state index in [2.05, 4.69) is 5.32 Å². The first-order chi connectivity index (χ1) is 12.8. The van der Waals surface area contributed by atoms with Crippen molar-refractivity contribution in [1.29, 1.82) is 5.26 Å². The number of β-amino-alcohol motifs (C(OH)–C–C–N with tert-alkyl or cyclic N) is 1. The lowest BCUT2D eigenvalue weighted by Crippen LogP contribution is -2.69. The molecule has 1 atom stereocenters. The van der Waals surface area contributed by atoms with E-state index in [-0.39, 0.29) is 16.8 Å². The van der Waals surface area contributed by atoms with Gasteiger partial charge in [-0.05, 0) is 35.9 Å². The van der Waals surface area contributed by atoms with E-state index >= 15 is 0 Å². The summed E-state index contributed by atoms with van der Waals surface area (Å²) in [5.41, 5.74) is -1.84. The van der Waals surface area contributed by atoms with Crippen molar-refractivity contribution < 1.29 is 23.1 Å². The Hall–Kier alpha value is -3.05. The van der Waals surface area contributed by atoms with E-state index in [1.165, 1.54) is 36.4 Å². The first kappa shape index (κ1) is 18.7. The molecule has 0 saturated heterocycles.